The van der Waals surface area contributed by atoms with Crippen molar-refractivity contribution in [2.24, 2.45) is 0 Å². The van der Waals surface area contributed by atoms with E-state index in [4.69, 9.17) is 5.11 Å². The van der Waals surface area contributed by atoms with Gasteiger partial charge in [-0.25, -0.2) is 9.18 Å². The molecule has 0 amide bonds. The average molecular weight is 225 g/mol. The smallest absolute Gasteiger partial charge is 0.337 e. The summed E-state index contributed by atoms with van der Waals surface area (Å²) in [5.41, 5.74) is -1.43. The first-order chi connectivity index (χ1) is 7.53. The van der Waals surface area contributed by atoms with E-state index in [1.165, 1.54) is 6.07 Å². The van der Waals surface area contributed by atoms with Crippen LogP contribution in [0.3, 0.4) is 0 Å². The maximum absolute atomic E-state index is 13.4. The zero-order valence-corrected chi connectivity index (χ0v) is 8.56. The van der Waals surface area contributed by atoms with Crippen LogP contribution in [0.25, 0.3) is 0 Å². The minimum atomic E-state index is -1.76. The lowest BCUT2D eigenvalue weighted by Crippen LogP contribution is -2.41. The number of carbonyl (C=O) groups is 1. The lowest BCUT2D eigenvalue weighted by atomic mass is 10.0. The summed E-state index contributed by atoms with van der Waals surface area (Å²) in [7, 11) is 0. The van der Waals surface area contributed by atoms with Gasteiger partial charge in [0.2, 0.25) is 0 Å². The molecule has 86 valence electrons. The molecule has 0 aromatic heterocycles. The first kappa shape index (κ1) is 10.9. The fourth-order valence-electron chi connectivity index (χ4n) is 1.88. The fourth-order valence-corrected chi connectivity index (χ4v) is 1.88. The third-order valence-corrected chi connectivity index (χ3v) is 2.84. The minimum Gasteiger partial charge on any atom is -0.479 e. The van der Waals surface area contributed by atoms with Crippen molar-refractivity contribution in [3.05, 3.63) is 30.1 Å². The molecule has 0 saturated carbocycles. The van der Waals surface area contributed by atoms with Gasteiger partial charge in [-0.3, -0.25) is 0 Å². The van der Waals surface area contributed by atoms with Crippen LogP contribution >= 0.6 is 0 Å². The number of aliphatic carboxylic acids is 1. The van der Waals surface area contributed by atoms with E-state index in [1.807, 2.05) is 0 Å². The molecule has 1 fully saturated rings. The Kier molecular flexibility index (Phi) is 2.55. The maximum Gasteiger partial charge on any atom is 0.337 e. The topological polar surface area (TPSA) is 60.8 Å². The van der Waals surface area contributed by atoms with Gasteiger partial charge in [-0.1, -0.05) is 12.1 Å². The number of anilines is 1. The predicted molar refractivity (Wildman–Crippen MR) is 55.8 cm³/mol. The van der Waals surface area contributed by atoms with Gasteiger partial charge in [-0.15, -0.1) is 0 Å². The molecule has 1 aromatic rings. The molecule has 16 heavy (non-hydrogen) atoms. The molecule has 2 rings (SSSR count). The molecule has 2 N–H and O–H groups in total. The second kappa shape index (κ2) is 3.75. The monoisotopic (exact) mass is 225 g/mol. The van der Waals surface area contributed by atoms with E-state index < -0.39 is 17.4 Å². The Morgan fingerprint density at radius 1 is 1.44 bits per heavy atom. The highest BCUT2D eigenvalue weighted by Crippen LogP contribution is 2.28. The maximum atomic E-state index is 13.4. The largest absolute Gasteiger partial charge is 0.479 e. The molecule has 0 bridgehead atoms. The molecular formula is C11H12FNO3. The van der Waals surface area contributed by atoms with Crippen molar-refractivity contribution in [1.82, 2.24) is 0 Å². The second-order valence-corrected chi connectivity index (χ2v) is 3.96. The van der Waals surface area contributed by atoms with Crippen LogP contribution in [0, 0.1) is 5.82 Å². The van der Waals surface area contributed by atoms with Crippen molar-refractivity contribution in [3.8, 4) is 0 Å². The number of rotatable bonds is 2. The van der Waals surface area contributed by atoms with Crippen molar-refractivity contribution in [3.63, 3.8) is 0 Å². The third-order valence-electron chi connectivity index (χ3n) is 2.84. The summed E-state index contributed by atoms with van der Waals surface area (Å²) in [6, 6.07) is 6.13. The number of nitrogens with zero attached hydrogens (tertiary/aromatic N) is 1. The fraction of sp³-hybridized carbons (Fsp3) is 0.364. The summed E-state index contributed by atoms with van der Waals surface area (Å²) in [5, 5.41) is 18.6. The van der Waals surface area contributed by atoms with E-state index in [1.54, 1.807) is 23.1 Å². The Hall–Kier alpha value is -1.62. The Morgan fingerprint density at radius 2 is 2.12 bits per heavy atom. The van der Waals surface area contributed by atoms with Crippen LogP contribution in [0.15, 0.2) is 24.3 Å². The highest BCUT2D eigenvalue weighted by atomic mass is 19.1. The summed E-state index contributed by atoms with van der Waals surface area (Å²) in [4.78, 5) is 12.4. The number of benzene rings is 1. The molecule has 1 heterocycles. The molecule has 1 aromatic carbocycles. The summed E-state index contributed by atoms with van der Waals surface area (Å²) in [6.07, 6.45) is 0.108. The summed E-state index contributed by atoms with van der Waals surface area (Å²) < 4.78 is 13.4. The normalized spacial score (nSPS) is 24.8. The van der Waals surface area contributed by atoms with Gasteiger partial charge >= 0.3 is 5.97 Å². The van der Waals surface area contributed by atoms with Crippen LogP contribution in [0.5, 0.6) is 0 Å². The third kappa shape index (κ3) is 1.74. The van der Waals surface area contributed by atoms with Crippen molar-refractivity contribution < 1.29 is 19.4 Å². The molecule has 1 saturated heterocycles. The van der Waals surface area contributed by atoms with Crippen LogP contribution in [0.4, 0.5) is 10.1 Å². The van der Waals surface area contributed by atoms with E-state index in [0.717, 1.165) is 0 Å². The van der Waals surface area contributed by atoms with Crippen molar-refractivity contribution in [2.45, 2.75) is 12.0 Å². The van der Waals surface area contributed by atoms with Crippen LogP contribution < -0.4 is 4.90 Å². The van der Waals surface area contributed by atoms with Gasteiger partial charge < -0.3 is 15.1 Å². The van der Waals surface area contributed by atoms with Crippen LogP contribution in [-0.2, 0) is 4.79 Å². The van der Waals surface area contributed by atoms with E-state index in [2.05, 4.69) is 0 Å². The van der Waals surface area contributed by atoms with Gasteiger partial charge in [0, 0.05) is 13.0 Å². The van der Waals surface area contributed by atoms with Crippen molar-refractivity contribution >= 4 is 11.7 Å². The van der Waals surface area contributed by atoms with E-state index in [9.17, 15) is 14.3 Å². The van der Waals surface area contributed by atoms with Crippen LogP contribution in [-0.4, -0.2) is 34.9 Å². The van der Waals surface area contributed by atoms with Gasteiger partial charge in [0.1, 0.15) is 5.82 Å². The molecular weight excluding hydrogens is 213 g/mol. The zero-order valence-electron chi connectivity index (χ0n) is 8.56. The number of hydrogen-bond donors (Lipinski definition) is 2. The van der Waals surface area contributed by atoms with Crippen molar-refractivity contribution in [1.29, 1.82) is 0 Å². The summed E-state index contributed by atoms with van der Waals surface area (Å²) in [5.74, 6) is -1.66. The zero-order chi connectivity index (χ0) is 11.8. The molecule has 1 aliphatic heterocycles. The van der Waals surface area contributed by atoms with E-state index in [-0.39, 0.29) is 13.0 Å². The first-order valence-electron chi connectivity index (χ1n) is 4.98. The standard InChI is InChI=1S/C11H12FNO3/c12-8-3-1-2-4-9(8)13-6-5-11(16,7-13)10(14)15/h1-4,16H,5-7H2,(H,14,15). The number of halogens is 1. The minimum absolute atomic E-state index is 0.0801. The molecule has 1 unspecified atom stereocenters. The van der Waals surface area contributed by atoms with E-state index in [0.29, 0.717) is 12.2 Å². The molecule has 1 atom stereocenters. The first-order valence-corrected chi connectivity index (χ1v) is 4.98. The summed E-state index contributed by atoms with van der Waals surface area (Å²) in [6.45, 7) is 0.257. The van der Waals surface area contributed by atoms with Gasteiger partial charge in [0.15, 0.2) is 5.60 Å². The van der Waals surface area contributed by atoms with Gasteiger partial charge in [0.05, 0.1) is 12.2 Å². The van der Waals surface area contributed by atoms with Gasteiger partial charge in [-0.2, -0.15) is 0 Å². The number of para-hydroxylation sites is 1. The number of aliphatic hydroxyl groups is 1. The molecule has 4 nitrogen and oxygen atoms in total. The molecule has 5 heteroatoms. The van der Waals surface area contributed by atoms with Crippen LogP contribution in [0.1, 0.15) is 6.42 Å². The summed E-state index contributed by atoms with van der Waals surface area (Å²) >= 11 is 0. The van der Waals surface area contributed by atoms with Crippen LogP contribution in [0.2, 0.25) is 0 Å². The lowest BCUT2D eigenvalue weighted by molar-refractivity contribution is -0.156. The highest BCUT2D eigenvalue weighted by Gasteiger charge is 2.43. The van der Waals surface area contributed by atoms with Crippen molar-refractivity contribution in [2.75, 3.05) is 18.0 Å². The molecule has 1 aliphatic rings. The predicted octanol–water partition coefficient (Wildman–Crippen LogP) is 0.851. The Morgan fingerprint density at radius 3 is 2.69 bits per heavy atom. The Balaban J connectivity index is 2.22. The van der Waals surface area contributed by atoms with Gasteiger partial charge in [0.25, 0.3) is 0 Å². The SMILES string of the molecule is O=C(O)C1(O)CCN(c2ccccc2F)C1. The quantitative estimate of drug-likeness (QED) is 0.783. The Bertz CT molecular complexity index is 423. The number of hydrogen-bond acceptors (Lipinski definition) is 3. The van der Waals surface area contributed by atoms with E-state index >= 15 is 0 Å². The second-order valence-electron chi connectivity index (χ2n) is 3.96. The highest BCUT2D eigenvalue weighted by molar-refractivity contribution is 5.79. The number of carboxylic acid groups (broad SMARTS) is 1. The molecule has 0 radical (unpaired) electrons. The molecule has 0 aliphatic carbocycles. The number of β-amino-alcohol motifs (C(OH)–C–C–N with tert-alkyl or cyclic N) is 1. The number of carboxylic acids is 1. The van der Waals surface area contributed by atoms with Gasteiger partial charge in [-0.05, 0) is 12.1 Å². The molecule has 0 spiro atoms. The average Bonchev–Trinajstić information content (AvgIpc) is 2.63. The Labute approximate surface area is 91.9 Å². The lowest BCUT2D eigenvalue weighted by Gasteiger charge is -2.21.